The number of amides is 3. The van der Waals surface area contributed by atoms with Gasteiger partial charge in [-0.15, -0.1) is 0 Å². The molecule has 1 heterocycles. The highest BCUT2D eigenvalue weighted by Crippen LogP contribution is 2.21. The Bertz CT molecular complexity index is 811. The molecule has 1 aromatic carbocycles. The number of nitrogens with one attached hydrogen (secondary N) is 2. The second kappa shape index (κ2) is 8.45. The molecular weight excluding hydrogens is 318 g/mol. The molecule has 25 heavy (non-hydrogen) atoms. The van der Waals surface area contributed by atoms with Gasteiger partial charge in [-0.05, 0) is 24.3 Å². The summed E-state index contributed by atoms with van der Waals surface area (Å²) in [7, 11) is 3.29. The molecule has 0 fully saturated rings. The molecule has 0 aliphatic carbocycles. The van der Waals surface area contributed by atoms with Crippen LogP contribution in [0.3, 0.4) is 0 Å². The zero-order valence-corrected chi connectivity index (χ0v) is 14.1. The van der Waals surface area contributed by atoms with Gasteiger partial charge in [0.05, 0.1) is 11.3 Å². The molecule has 0 radical (unpaired) electrons. The predicted molar refractivity (Wildman–Crippen MR) is 93.8 cm³/mol. The maximum Gasteiger partial charge on any atom is 0.316 e. The van der Waals surface area contributed by atoms with E-state index in [4.69, 9.17) is 0 Å². The van der Waals surface area contributed by atoms with E-state index in [1.165, 1.54) is 4.90 Å². The summed E-state index contributed by atoms with van der Waals surface area (Å²) in [6.45, 7) is 0.650. The smallest absolute Gasteiger partial charge is 0.316 e. The van der Waals surface area contributed by atoms with Crippen molar-refractivity contribution in [2.75, 3.05) is 27.2 Å². The Morgan fingerprint density at radius 3 is 2.64 bits per heavy atom. The van der Waals surface area contributed by atoms with Gasteiger partial charge < -0.3 is 15.5 Å². The standard InChI is InChI=1S/C18H19N5O2/c1-23(2)18(25)22-10-9-21-17(24)14-6-3-5-13(11-14)16-15(12-19)7-4-8-20-16/h3-8,11H,9-10H2,1-2H3,(H,21,24)(H,22,25). The first-order valence-corrected chi connectivity index (χ1v) is 7.72. The van der Waals surface area contributed by atoms with Gasteiger partial charge >= 0.3 is 6.03 Å². The third-order valence-corrected chi connectivity index (χ3v) is 3.42. The van der Waals surface area contributed by atoms with E-state index >= 15 is 0 Å². The van der Waals surface area contributed by atoms with Crippen LogP contribution in [-0.2, 0) is 0 Å². The second-order valence-corrected chi connectivity index (χ2v) is 5.47. The molecule has 2 aromatic rings. The summed E-state index contributed by atoms with van der Waals surface area (Å²) in [5.41, 5.74) is 2.15. The lowest BCUT2D eigenvalue weighted by Crippen LogP contribution is -2.39. The van der Waals surface area contributed by atoms with Crippen molar-refractivity contribution >= 4 is 11.9 Å². The lowest BCUT2D eigenvalue weighted by Gasteiger charge is -2.12. The Morgan fingerprint density at radius 2 is 1.92 bits per heavy atom. The lowest BCUT2D eigenvalue weighted by atomic mass is 10.0. The van der Waals surface area contributed by atoms with Crippen LogP contribution in [0.1, 0.15) is 15.9 Å². The highest BCUT2D eigenvalue weighted by molar-refractivity contribution is 5.95. The quantitative estimate of drug-likeness (QED) is 0.810. The van der Waals surface area contributed by atoms with Crippen molar-refractivity contribution < 1.29 is 9.59 Å². The molecule has 0 saturated carbocycles. The van der Waals surface area contributed by atoms with Gasteiger partial charge in [-0.3, -0.25) is 9.78 Å². The average molecular weight is 337 g/mol. The largest absolute Gasteiger partial charge is 0.350 e. The molecule has 0 saturated heterocycles. The number of benzene rings is 1. The first-order chi connectivity index (χ1) is 12.0. The van der Waals surface area contributed by atoms with Crippen LogP contribution in [0.4, 0.5) is 4.79 Å². The first-order valence-electron chi connectivity index (χ1n) is 7.72. The number of urea groups is 1. The number of carbonyl (C=O) groups excluding carboxylic acids is 2. The van der Waals surface area contributed by atoms with Gasteiger partial charge in [0.25, 0.3) is 5.91 Å². The predicted octanol–water partition coefficient (Wildman–Crippen LogP) is 1.62. The molecule has 0 aliphatic rings. The molecule has 0 aliphatic heterocycles. The highest BCUT2D eigenvalue weighted by atomic mass is 16.2. The number of pyridine rings is 1. The van der Waals surface area contributed by atoms with Crippen LogP contribution in [-0.4, -0.2) is 49.0 Å². The van der Waals surface area contributed by atoms with Crippen LogP contribution in [0.25, 0.3) is 11.3 Å². The van der Waals surface area contributed by atoms with Crippen LogP contribution in [0, 0.1) is 11.3 Å². The van der Waals surface area contributed by atoms with Crippen molar-refractivity contribution in [3.63, 3.8) is 0 Å². The number of nitriles is 1. The molecule has 0 unspecified atom stereocenters. The molecule has 7 nitrogen and oxygen atoms in total. The second-order valence-electron chi connectivity index (χ2n) is 5.47. The van der Waals surface area contributed by atoms with E-state index in [2.05, 4.69) is 21.7 Å². The fraction of sp³-hybridized carbons (Fsp3) is 0.222. The van der Waals surface area contributed by atoms with Gasteiger partial charge in [0.1, 0.15) is 6.07 Å². The lowest BCUT2D eigenvalue weighted by molar-refractivity contribution is 0.0953. The summed E-state index contributed by atoms with van der Waals surface area (Å²) in [5.74, 6) is -0.254. The number of rotatable bonds is 5. The minimum absolute atomic E-state index is 0.213. The minimum atomic E-state index is -0.254. The van der Waals surface area contributed by atoms with E-state index < -0.39 is 0 Å². The summed E-state index contributed by atoms with van der Waals surface area (Å²) in [6, 6.07) is 12.2. The van der Waals surface area contributed by atoms with Gasteiger partial charge in [0.2, 0.25) is 0 Å². The number of hydrogen-bond donors (Lipinski definition) is 2. The Labute approximate surface area is 146 Å². The Kier molecular flexibility index (Phi) is 6.07. The van der Waals surface area contributed by atoms with Crippen molar-refractivity contribution in [3.05, 3.63) is 53.7 Å². The average Bonchev–Trinajstić information content (AvgIpc) is 2.64. The Balaban J connectivity index is 2.02. The molecule has 128 valence electrons. The number of nitrogens with zero attached hydrogens (tertiary/aromatic N) is 3. The maximum atomic E-state index is 12.2. The number of carbonyl (C=O) groups is 2. The molecule has 2 rings (SSSR count). The molecule has 0 bridgehead atoms. The third kappa shape index (κ3) is 4.78. The summed E-state index contributed by atoms with van der Waals surface area (Å²) in [5, 5.41) is 14.6. The van der Waals surface area contributed by atoms with Gasteiger partial charge in [-0.2, -0.15) is 5.26 Å². The Hall–Kier alpha value is -3.40. The summed E-state index contributed by atoms with van der Waals surface area (Å²) in [6.07, 6.45) is 1.61. The summed E-state index contributed by atoms with van der Waals surface area (Å²) in [4.78, 5) is 29.3. The van der Waals surface area contributed by atoms with Crippen LogP contribution in [0.15, 0.2) is 42.6 Å². The molecule has 2 N–H and O–H groups in total. The highest BCUT2D eigenvalue weighted by Gasteiger charge is 2.10. The maximum absolute atomic E-state index is 12.2. The van der Waals surface area contributed by atoms with E-state index in [1.54, 1.807) is 56.7 Å². The SMILES string of the molecule is CN(C)C(=O)NCCNC(=O)c1cccc(-c2ncccc2C#N)c1. The van der Waals surface area contributed by atoms with Crippen molar-refractivity contribution in [2.45, 2.75) is 0 Å². The topological polar surface area (TPSA) is 98.1 Å². The van der Waals surface area contributed by atoms with Crippen LogP contribution in [0.2, 0.25) is 0 Å². The first kappa shape index (κ1) is 17.9. The normalized spacial score (nSPS) is 9.80. The summed E-state index contributed by atoms with van der Waals surface area (Å²) >= 11 is 0. The monoisotopic (exact) mass is 337 g/mol. The number of aromatic nitrogens is 1. The van der Waals surface area contributed by atoms with E-state index in [-0.39, 0.29) is 11.9 Å². The summed E-state index contributed by atoms with van der Waals surface area (Å²) < 4.78 is 0. The minimum Gasteiger partial charge on any atom is -0.350 e. The fourth-order valence-electron chi connectivity index (χ4n) is 2.14. The molecule has 0 atom stereocenters. The van der Waals surface area contributed by atoms with Crippen molar-refractivity contribution in [1.29, 1.82) is 5.26 Å². The van der Waals surface area contributed by atoms with E-state index in [0.717, 1.165) is 0 Å². The molecule has 7 heteroatoms. The van der Waals surface area contributed by atoms with Crippen molar-refractivity contribution in [2.24, 2.45) is 0 Å². The van der Waals surface area contributed by atoms with E-state index in [0.29, 0.717) is 35.5 Å². The molecule has 3 amide bonds. The van der Waals surface area contributed by atoms with Crippen LogP contribution in [0.5, 0.6) is 0 Å². The van der Waals surface area contributed by atoms with Crippen LogP contribution < -0.4 is 10.6 Å². The van der Waals surface area contributed by atoms with Gasteiger partial charge in [0, 0.05) is 44.5 Å². The fourth-order valence-corrected chi connectivity index (χ4v) is 2.14. The zero-order chi connectivity index (χ0) is 18.2. The molecule has 1 aromatic heterocycles. The third-order valence-electron chi connectivity index (χ3n) is 3.42. The van der Waals surface area contributed by atoms with Gasteiger partial charge in [-0.1, -0.05) is 12.1 Å². The Morgan fingerprint density at radius 1 is 1.16 bits per heavy atom. The molecule has 0 spiro atoms. The van der Waals surface area contributed by atoms with Crippen molar-refractivity contribution in [3.8, 4) is 17.3 Å². The zero-order valence-electron chi connectivity index (χ0n) is 14.1. The van der Waals surface area contributed by atoms with Gasteiger partial charge in [-0.25, -0.2) is 4.79 Å². The van der Waals surface area contributed by atoms with Gasteiger partial charge in [0.15, 0.2) is 0 Å². The van der Waals surface area contributed by atoms with E-state index in [1.807, 2.05) is 0 Å². The van der Waals surface area contributed by atoms with E-state index in [9.17, 15) is 14.9 Å². The van der Waals surface area contributed by atoms with Crippen molar-refractivity contribution in [1.82, 2.24) is 20.5 Å². The molecular formula is C18H19N5O2. The van der Waals surface area contributed by atoms with Crippen LogP contribution >= 0.6 is 0 Å². The number of hydrogen-bond acceptors (Lipinski definition) is 4.